The Morgan fingerprint density at radius 2 is 2.03 bits per heavy atom. The molecule has 1 atom stereocenters. The number of hydrazone groups is 1. The third-order valence-corrected chi connectivity index (χ3v) is 5.22. The largest absolute Gasteiger partial charge is 0.350 e. The van der Waals surface area contributed by atoms with E-state index in [4.69, 9.17) is 0 Å². The number of allylic oxidation sites excluding steroid dienone is 4. The smallest absolute Gasteiger partial charge is 0.250 e. The minimum atomic E-state index is -0.179. The lowest BCUT2D eigenvalue weighted by Gasteiger charge is -2.27. The quantitative estimate of drug-likeness (QED) is 0.524. The van der Waals surface area contributed by atoms with Crippen LogP contribution in [-0.2, 0) is 0 Å². The summed E-state index contributed by atoms with van der Waals surface area (Å²) in [6.07, 6.45) is 16.5. The van der Waals surface area contributed by atoms with Gasteiger partial charge in [-0.1, -0.05) is 6.08 Å². The van der Waals surface area contributed by atoms with Crippen molar-refractivity contribution in [3.8, 4) is 0 Å². The SMILES string of the molecule is FC1=CCCC(CNc2nc(N/N=C/C3C=CN=CC3)nc(N3CCCCC3)n2)=C1. The average Bonchev–Trinajstić information content (AvgIpc) is 2.79. The summed E-state index contributed by atoms with van der Waals surface area (Å²) in [4.78, 5) is 19.8. The van der Waals surface area contributed by atoms with Crippen LogP contribution >= 0.6 is 0 Å². The number of nitrogens with zero attached hydrogens (tertiary/aromatic N) is 6. The molecular weight excluding hydrogens is 383 g/mol. The van der Waals surface area contributed by atoms with Crippen molar-refractivity contribution < 1.29 is 4.39 Å². The van der Waals surface area contributed by atoms with E-state index in [0.29, 0.717) is 24.4 Å². The molecule has 1 unspecified atom stereocenters. The van der Waals surface area contributed by atoms with Crippen molar-refractivity contribution in [2.75, 3.05) is 35.3 Å². The first kappa shape index (κ1) is 20.2. The summed E-state index contributed by atoms with van der Waals surface area (Å²) in [6.45, 7) is 2.36. The van der Waals surface area contributed by atoms with Crippen molar-refractivity contribution >= 4 is 30.3 Å². The molecule has 158 valence electrons. The highest BCUT2D eigenvalue weighted by Gasteiger charge is 2.16. The van der Waals surface area contributed by atoms with Gasteiger partial charge in [0.05, 0.1) is 0 Å². The highest BCUT2D eigenvalue weighted by Crippen LogP contribution is 2.21. The van der Waals surface area contributed by atoms with Gasteiger partial charge in [-0.15, -0.1) is 0 Å². The zero-order valence-corrected chi connectivity index (χ0v) is 17.0. The van der Waals surface area contributed by atoms with Gasteiger partial charge in [-0.3, -0.25) is 4.99 Å². The molecule has 0 aromatic carbocycles. The van der Waals surface area contributed by atoms with Gasteiger partial charge >= 0.3 is 0 Å². The molecule has 4 rings (SSSR count). The van der Waals surface area contributed by atoms with Crippen LogP contribution in [0.2, 0.25) is 0 Å². The van der Waals surface area contributed by atoms with E-state index in [0.717, 1.165) is 50.8 Å². The molecule has 3 aliphatic rings. The van der Waals surface area contributed by atoms with Gasteiger partial charge in [0.25, 0.3) is 0 Å². The first-order chi connectivity index (χ1) is 14.8. The molecule has 2 N–H and O–H groups in total. The number of piperidine rings is 1. The Kier molecular flexibility index (Phi) is 6.79. The number of hydrogen-bond acceptors (Lipinski definition) is 8. The van der Waals surface area contributed by atoms with Crippen molar-refractivity contribution in [1.29, 1.82) is 0 Å². The Balaban J connectivity index is 1.47. The number of halogens is 1. The van der Waals surface area contributed by atoms with Gasteiger partial charge in [0.15, 0.2) is 0 Å². The summed E-state index contributed by atoms with van der Waals surface area (Å²) in [7, 11) is 0. The van der Waals surface area contributed by atoms with Gasteiger partial charge in [-0.25, -0.2) is 9.82 Å². The van der Waals surface area contributed by atoms with Gasteiger partial charge < -0.3 is 10.2 Å². The molecule has 8 nitrogen and oxygen atoms in total. The molecule has 1 fully saturated rings. The third-order valence-electron chi connectivity index (χ3n) is 5.22. The highest BCUT2D eigenvalue weighted by molar-refractivity contribution is 5.72. The molecule has 30 heavy (non-hydrogen) atoms. The summed E-state index contributed by atoms with van der Waals surface area (Å²) < 4.78 is 13.5. The van der Waals surface area contributed by atoms with E-state index in [1.165, 1.54) is 6.42 Å². The summed E-state index contributed by atoms with van der Waals surface area (Å²) in [5, 5.41) is 7.52. The lowest BCUT2D eigenvalue weighted by Crippen LogP contribution is -2.31. The van der Waals surface area contributed by atoms with Crippen molar-refractivity contribution in [2.24, 2.45) is 16.0 Å². The van der Waals surface area contributed by atoms with E-state index in [1.807, 2.05) is 18.5 Å². The molecular formula is C21H27FN8. The lowest BCUT2D eigenvalue weighted by atomic mass is 10.0. The number of anilines is 3. The summed E-state index contributed by atoms with van der Waals surface area (Å²) in [6, 6.07) is 0. The van der Waals surface area contributed by atoms with E-state index < -0.39 is 0 Å². The minimum absolute atomic E-state index is 0.179. The van der Waals surface area contributed by atoms with Gasteiger partial charge in [0, 0.05) is 44.2 Å². The molecule has 0 bridgehead atoms. The standard InChI is InChI=1S/C21H27FN8/c22-18-6-4-5-17(13-18)14-24-19-26-20(29-25-15-16-7-9-23-10-8-16)28-21(27-19)30-11-2-1-3-12-30/h6-7,9-10,13,15-16H,1-5,8,11-12,14H2,(H2,24,26,27,28,29)/b25-15+. The van der Waals surface area contributed by atoms with E-state index in [1.54, 1.807) is 18.4 Å². The van der Waals surface area contributed by atoms with E-state index >= 15 is 0 Å². The number of hydrogen-bond donors (Lipinski definition) is 2. The predicted molar refractivity (Wildman–Crippen MR) is 119 cm³/mol. The van der Waals surface area contributed by atoms with Crippen molar-refractivity contribution in [1.82, 2.24) is 15.0 Å². The van der Waals surface area contributed by atoms with Crippen LogP contribution in [0.4, 0.5) is 22.2 Å². The summed E-state index contributed by atoms with van der Waals surface area (Å²) >= 11 is 0. The zero-order valence-electron chi connectivity index (χ0n) is 17.0. The number of aliphatic imine (C=N–C) groups is 1. The molecule has 2 aliphatic heterocycles. The third kappa shape index (κ3) is 5.71. The van der Waals surface area contributed by atoms with Gasteiger partial charge in [0.2, 0.25) is 17.8 Å². The van der Waals surface area contributed by atoms with Crippen LogP contribution in [0.5, 0.6) is 0 Å². The number of aromatic nitrogens is 3. The Morgan fingerprint density at radius 1 is 1.17 bits per heavy atom. The molecule has 0 spiro atoms. The fourth-order valence-electron chi connectivity index (χ4n) is 3.57. The summed E-state index contributed by atoms with van der Waals surface area (Å²) in [5.41, 5.74) is 3.93. The van der Waals surface area contributed by atoms with Crippen LogP contribution in [-0.4, -0.2) is 47.0 Å². The first-order valence-electron chi connectivity index (χ1n) is 10.5. The predicted octanol–water partition coefficient (Wildman–Crippen LogP) is 3.85. The fraction of sp³-hybridized carbons (Fsp3) is 0.476. The normalized spacial score (nSPS) is 21.5. The second kappa shape index (κ2) is 10.1. The maximum Gasteiger partial charge on any atom is 0.250 e. The van der Waals surface area contributed by atoms with Crippen LogP contribution in [0.15, 0.2) is 45.9 Å². The van der Waals surface area contributed by atoms with Gasteiger partial charge in [-0.2, -0.15) is 20.1 Å². The zero-order chi connectivity index (χ0) is 20.6. The molecule has 3 heterocycles. The fourth-order valence-corrected chi connectivity index (χ4v) is 3.57. The Labute approximate surface area is 175 Å². The average molecular weight is 411 g/mol. The molecule has 9 heteroatoms. The molecule has 1 saturated heterocycles. The maximum absolute atomic E-state index is 13.5. The van der Waals surface area contributed by atoms with Crippen molar-refractivity contribution in [3.63, 3.8) is 0 Å². The van der Waals surface area contributed by atoms with Crippen molar-refractivity contribution in [3.05, 3.63) is 35.8 Å². The van der Waals surface area contributed by atoms with Crippen LogP contribution in [0.3, 0.4) is 0 Å². The molecule has 0 saturated carbocycles. The molecule has 0 amide bonds. The van der Waals surface area contributed by atoms with E-state index in [-0.39, 0.29) is 11.7 Å². The van der Waals surface area contributed by atoms with Crippen LogP contribution in [0.25, 0.3) is 0 Å². The molecule has 1 aromatic heterocycles. The number of rotatable bonds is 7. The lowest BCUT2D eigenvalue weighted by molar-refractivity contribution is 0.568. The second-order valence-electron chi connectivity index (χ2n) is 7.58. The monoisotopic (exact) mass is 410 g/mol. The van der Waals surface area contributed by atoms with Gasteiger partial charge in [0.1, 0.15) is 5.83 Å². The summed E-state index contributed by atoms with van der Waals surface area (Å²) in [5.74, 6) is 1.52. The number of nitrogens with one attached hydrogen (secondary N) is 2. The first-order valence-corrected chi connectivity index (χ1v) is 10.5. The van der Waals surface area contributed by atoms with E-state index in [9.17, 15) is 4.39 Å². The molecule has 1 aromatic rings. The van der Waals surface area contributed by atoms with Gasteiger partial charge in [-0.05, 0) is 56.3 Å². The topological polar surface area (TPSA) is 90.7 Å². The van der Waals surface area contributed by atoms with Crippen molar-refractivity contribution in [2.45, 2.75) is 38.5 Å². The second-order valence-corrected chi connectivity index (χ2v) is 7.58. The Morgan fingerprint density at radius 3 is 2.83 bits per heavy atom. The van der Waals surface area contributed by atoms with E-state index in [2.05, 4.69) is 40.7 Å². The van der Waals surface area contributed by atoms with Crippen LogP contribution < -0.4 is 15.6 Å². The minimum Gasteiger partial charge on any atom is -0.350 e. The van der Waals surface area contributed by atoms with Crippen LogP contribution in [0, 0.1) is 5.92 Å². The Hall–Kier alpha value is -3.10. The molecule has 1 aliphatic carbocycles. The maximum atomic E-state index is 13.5. The molecule has 0 radical (unpaired) electrons. The highest BCUT2D eigenvalue weighted by atomic mass is 19.1. The Bertz CT molecular complexity index is 883. The van der Waals surface area contributed by atoms with Crippen LogP contribution in [0.1, 0.15) is 38.5 Å².